The van der Waals surface area contributed by atoms with Gasteiger partial charge in [0.1, 0.15) is 5.75 Å². The molecule has 20 heavy (non-hydrogen) atoms. The van der Waals surface area contributed by atoms with E-state index in [0.717, 1.165) is 0 Å². The molecular weight excluding hydrogens is 278 g/mol. The number of benzene rings is 1. The van der Waals surface area contributed by atoms with E-state index in [1.54, 1.807) is 12.1 Å². The van der Waals surface area contributed by atoms with E-state index in [4.69, 9.17) is 10.5 Å². The highest BCUT2D eigenvalue weighted by Gasteiger charge is 2.21. The summed E-state index contributed by atoms with van der Waals surface area (Å²) in [5.74, 6) is 0.616. The lowest BCUT2D eigenvalue weighted by atomic mass is 9.95. The van der Waals surface area contributed by atoms with E-state index < -0.39 is 15.4 Å². The second-order valence-electron chi connectivity index (χ2n) is 4.98. The molecule has 114 valence electrons. The average Bonchev–Trinajstić information content (AvgIpc) is 2.43. The monoisotopic (exact) mass is 301 g/mol. The summed E-state index contributed by atoms with van der Waals surface area (Å²) < 4.78 is 28.1. The molecule has 0 heterocycles. The molecule has 3 N–H and O–H groups in total. The average molecular weight is 301 g/mol. The predicted molar refractivity (Wildman–Crippen MR) is 78.6 cm³/mol. The molecule has 0 bridgehead atoms. The molecule has 0 aromatic heterocycles. The number of rotatable bonds is 8. The molecule has 1 rings (SSSR count). The van der Waals surface area contributed by atoms with Crippen LogP contribution >= 0.6 is 0 Å². The van der Waals surface area contributed by atoms with Gasteiger partial charge in [-0.05, 0) is 43.5 Å². The summed E-state index contributed by atoms with van der Waals surface area (Å²) in [6, 6.07) is 6.30. The quantitative estimate of drug-likeness (QED) is 0.707. The molecule has 0 radical (unpaired) electrons. The Hall–Kier alpha value is -1.11. The van der Waals surface area contributed by atoms with Crippen LogP contribution in [0.1, 0.15) is 26.2 Å². The minimum atomic E-state index is -3.17. The van der Waals surface area contributed by atoms with Crippen molar-refractivity contribution in [1.29, 1.82) is 0 Å². The van der Waals surface area contributed by atoms with Crippen molar-refractivity contribution in [2.45, 2.75) is 36.7 Å². The Labute approximate surface area is 120 Å². The molecule has 1 aromatic carbocycles. The van der Waals surface area contributed by atoms with E-state index in [1.807, 2.05) is 6.92 Å². The van der Waals surface area contributed by atoms with Crippen molar-refractivity contribution in [3.63, 3.8) is 0 Å². The van der Waals surface area contributed by atoms with Crippen molar-refractivity contribution < 1.29 is 18.3 Å². The van der Waals surface area contributed by atoms with E-state index in [9.17, 15) is 13.5 Å². The van der Waals surface area contributed by atoms with Crippen LogP contribution in [0.25, 0.3) is 0 Å². The lowest BCUT2D eigenvalue weighted by molar-refractivity contribution is 0.0309. The zero-order chi connectivity index (χ0) is 15.2. The molecule has 0 spiro atoms. The highest BCUT2D eigenvalue weighted by atomic mass is 32.2. The first-order valence-electron chi connectivity index (χ1n) is 6.66. The number of sulfone groups is 1. The number of ether oxygens (including phenoxy) is 1. The van der Waals surface area contributed by atoms with Crippen LogP contribution in [0.15, 0.2) is 29.2 Å². The van der Waals surface area contributed by atoms with E-state index >= 15 is 0 Å². The fourth-order valence-electron chi connectivity index (χ4n) is 1.80. The third kappa shape index (κ3) is 5.11. The van der Waals surface area contributed by atoms with Gasteiger partial charge in [0.25, 0.3) is 0 Å². The van der Waals surface area contributed by atoms with Gasteiger partial charge in [-0.2, -0.15) is 0 Å². The number of aliphatic hydroxyl groups is 1. The fraction of sp³-hybridized carbons (Fsp3) is 0.571. The Morgan fingerprint density at radius 1 is 1.30 bits per heavy atom. The van der Waals surface area contributed by atoms with Crippen molar-refractivity contribution in [2.75, 3.05) is 19.4 Å². The molecular formula is C14H23NO4S. The van der Waals surface area contributed by atoms with Gasteiger partial charge in [-0.15, -0.1) is 0 Å². The fourth-order valence-corrected chi connectivity index (χ4v) is 2.43. The number of hydrogen-bond acceptors (Lipinski definition) is 5. The topological polar surface area (TPSA) is 89.6 Å². The Bertz CT molecular complexity index is 506. The van der Waals surface area contributed by atoms with Crippen molar-refractivity contribution in [3.8, 4) is 5.75 Å². The van der Waals surface area contributed by atoms with Gasteiger partial charge in [-0.1, -0.05) is 6.92 Å². The zero-order valence-electron chi connectivity index (χ0n) is 12.0. The first-order valence-corrected chi connectivity index (χ1v) is 8.55. The minimum absolute atomic E-state index is 0.243. The molecule has 0 fully saturated rings. The van der Waals surface area contributed by atoms with E-state index in [-0.39, 0.29) is 11.4 Å². The Morgan fingerprint density at radius 2 is 1.90 bits per heavy atom. The van der Waals surface area contributed by atoms with Crippen LogP contribution in [0.5, 0.6) is 5.75 Å². The van der Waals surface area contributed by atoms with Crippen molar-refractivity contribution in [2.24, 2.45) is 5.73 Å². The van der Waals surface area contributed by atoms with E-state index in [0.29, 0.717) is 31.6 Å². The van der Waals surface area contributed by atoms with Crippen LogP contribution in [0.3, 0.4) is 0 Å². The first kappa shape index (κ1) is 16.9. The molecule has 1 atom stereocenters. The Morgan fingerprint density at radius 3 is 2.35 bits per heavy atom. The van der Waals surface area contributed by atoms with Gasteiger partial charge >= 0.3 is 0 Å². The summed E-state index contributed by atoms with van der Waals surface area (Å²) in [7, 11) is -3.17. The minimum Gasteiger partial charge on any atom is -0.494 e. The summed E-state index contributed by atoms with van der Waals surface area (Å²) in [4.78, 5) is 0.272. The number of hydrogen-bond donors (Lipinski definition) is 2. The number of nitrogens with two attached hydrogens (primary N) is 1. The van der Waals surface area contributed by atoms with Crippen LogP contribution < -0.4 is 10.5 Å². The summed E-state index contributed by atoms with van der Waals surface area (Å²) in [5.41, 5.74) is 4.70. The molecule has 5 nitrogen and oxygen atoms in total. The summed E-state index contributed by atoms with van der Waals surface area (Å²) in [6.45, 7) is 2.60. The molecule has 0 saturated heterocycles. The molecule has 0 aliphatic rings. The molecule has 0 aliphatic carbocycles. The van der Waals surface area contributed by atoms with Gasteiger partial charge < -0.3 is 15.6 Å². The van der Waals surface area contributed by atoms with Crippen LogP contribution in [-0.4, -0.2) is 38.5 Å². The third-order valence-corrected chi connectivity index (χ3v) is 4.47. The lowest BCUT2D eigenvalue weighted by Crippen LogP contribution is -2.37. The van der Waals surface area contributed by atoms with Crippen molar-refractivity contribution in [1.82, 2.24) is 0 Å². The summed E-state index contributed by atoms with van der Waals surface area (Å²) in [6.07, 6.45) is 3.06. The van der Waals surface area contributed by atoms with Gasteiger partial charge in [0, 0.05) is 12.8 Å². The summed E-state index contributed by atoms with van der Waals surface area (Å²) in [5, 5.41) is 10.0. The van der Waals surface area contributed by atoms with Crippen LogP contribution in [0.4, 0.5) is 0 Å². The highest BCUT2D eigenvalue weighted by Crippen LogP contribution is 2.18. The molecule has 1 aromatic rings. The second kappa shape index (κ2) is 7.06. The maximum absolute atomic E-state index is 11.3. The largest absolute Gasteiger partial charge is 0.494 e. The SMILES string of the molecule is CCC(O)(CN)CCCOc1ccc(S(C)(=O)=O)cc1. The van der Waals surface area contributed by atoms with Crippen LogP contribution in [0, 0.1) is 0 Å². The van der Waals surface area contributed by atoms with Gasteiger partial charge in [0.2, 0.25) is 0 Å². The van der Waals surface area contributed by atoms with Crippen molar-refractivity contribution in [3.05, 3.63) is 24.3 Å². The predicted octanol–water partition coefficient (Wildman–Crippen LogP) is 1.35. The second-order valence-corrected chi connectivity index (χ2v) is 6.99. The highest BCUT2D eigenvalue weighted by molar-refractivity contribution is 7.90. The lowest BCUT2D eigenvalue weighted by Gasteiger charge is -2.24. The standard InChI is InChI=1S/C14H23NO4S/c1-3-14(16,11-15)9-4-10-19-12-5-7-13(8-6-12)20(2,17)18/h5-8,16H,3-4,9-11,15H2,1-2H3. The first-order chi connectivity index (χ1) is 9.30. The molecule has 0 saturated carbocycles. The molecule has 0 amide bonds. The van der Waals surface area contributed by atoms with E-state index in [1.165, 1.54) is 18.4 Å². The van der Waals surface area contributed by atoms with Gasteiger partial charge in [0.15, 0.2) is 9.84 Å². The van der Waals surface area contributed by atoms with Crippen LogP contribution in [-0.2, 0) is 9.84 Å². The molecule has 0 aliphatic heterocycles. The molecule has 1 unspecified atom stereocenters. The normalized spacial score (nSPS) is 14.8. The Kier molecular flexibility index (Phi) is 5.98. The van der Waals surface area contributed by atoms with Crippen molar-refractivity contribution >= 4 is 9.84 Å². The summed E-state index contributed by atoms with van der Waals surface area (Å²) >= 11 is 0. The third-order valence-electron chi connectivity index (χ3n) is 3.35. The maximum Gasteiger partial charge on any atom is 0.175 e. The van der Waals surface area contributed by atoms with E-state index in [2.05, 4.69) is 0 Å². The molecule has 6 heteroatoms. The van der Waals surface area contributed by atoms with Crippen LogP contribution in [0.2, 0.25) is 0 Å². The Balaban J connectivity index is 2.44. The zero-order valence-corrected chi connectivity index (χ0v) is 12.8. The smallest absolute Gasteiger partial charge is 0.175 e. The van der Waals surface area contributed by atoms with Gasteiger partial charge in [-0.25, -0.2) is 8.42 Å². The van der Waals surface area contributed by atoms with Gasteiger partial charge in [-0.3, -0.25) is 0 Å². The van der Waals surface area contributed by atoms with Gasteiger partial charge in [0.05, 0.1) is 17.1 Å². The maximum atomic E-state index is 11.3.